The Kier molecular flexibility index (Phi) is 4.96. The molecule has 0 fully saturated rings. The third kappa shape index (κ3) is 3.94. The lowest BCUT2D eigenvalue weighted by molar-refractivity contribution is -0.116. The van der Waals surface area contributed by atoms with Gasteiger partial charge >= 0.3 is 0 Å². The van der Waals surface area contributed by atoms with Crippen LogP contribution < -0.4 is 5.32 Å². The predicted octanol–water partition coefficient (Wildman–Crippen LogP) is 2.51. The number of nitrogens with zero attached hydrogens (tertiary/aromatic N) is 1. The summed E-state index contributed by atoms with van der Waals surface area (Å²) in [5, 5.41) is 2.92. The molecule has 16 heavy (non-hydrogen) atoms. The third-order valence-electron chi connectivity index (χ3n) is 2.18. The second-order valence-electron chi connectivity index (χ2n) is 3.94. The zero-order chi connectivity index (χ0) is 12.1. The number of likely N-dealkylation sites (N-methyl/N-ethyl adjacent to an activating group) is 1. The van der Waals surface area contributed by atoms with E-state index in [4.69, 9.17) is 0 Å². The standard InChI is InChI=1S/C12H17BrN2O/c1-4-9-7-10(13)5-6-11(9)14-12(16)8-15(2)3/h5-7H,4,8H2,1-3H3,(H,14,16). The number of benzene rings is 1. The molecule has 0 radical (unpaired) electrons. The average Bonchev–Trinajstić information content (AvgIpc) is 2.19. The number of nitrogens with one attached hydrogen (secondary N) is 1. The van der Waals surface area contributed by atoms with Crippen molar-refractivity contribution in [2.75, 3.05) is 26.0 Å². The number of carbonyl (C=O) groups excluding carboxylic acids is 1. The van der Waals surface area contributed by atoms with Crippen molar-refractivity contribution in [2.45, 2.75) is 13.3 Å². The van der Waals surface area contributed by atoms with Crippen LogP contribution in [-0.4, -0.2) is 31.4 Å². The lowest BCUT2D eigenvalue weighted by Gasteiger charge is -2.13. The first-order chi connectivity index (χ1) is 7.52. The zero-order valence-corrected chi connectivity index (χ0v) is 11.5. The van der Waals surface area contributed by atoms with Gasteiger partial charge in [0.25, 0.3) is 0 Å². The molecule has 0 unspecified atom stereocenters. The van der Waals surface area contributed by atoms with Crippen LogP contribution in [0.3, 0.4) is 0 Å². The summed E-state index contributed by atoms with van der Waals surface area (Å²) in [7, 11) is 3.75. The van der Waals surface area contributed by atoms with Crippen molar-refractivity contribution in [3.63, 3.8) is 0 Å². The molecule has 1 aromatic rings. The first kappa shape index (κ1) is 13.2. The minimum absolute atomic E-state index is 0.0158. The molecule has 3 nitrogen and oxygen atoms in total. The lowest BCUT2D eigenvalue weighted by Crippen LogP contribution is -2.27. The maximum Gasteiger partial charge on any atom is 0.238 e. The van der Waals surface area contributed by atoms with E-state index in [0.717, 1.165) is 22.1 Å². The zero-order valence-electron chi connectivity index (χ0n) is 9.88. The maximum atomic E-state index is 11.6. The Morgan fingerprint density at radius 1 is 1.44 bits per heavy atom. The van der Waals surface area contributed by atoms with Crippen molar-refractivity contribution in [2.24, 2.45) is 0 Å². The van der Waals surface area contributed by atoms with E-state index in [1.54, 1.807) is 0 Å². The van der Waals surface area contributed by atoms with Gasteiger partial charge in [0.05, 0.1) is 6.54 Å². The maximum absolute atomic E-state index is 11.6. The van der Waals surface area contributed by atoms with E-state index in [2.05, 4.69) is 28.2 Å². The molecule has 4 heteroatoms. The predicted molar refractivity (Wildman–Crippen MR) is 70.7 cm³/mol. The van der Waals surface area contributed by atoms with Crippen LogP contribution in [0.15, 0.2) is 22.7 Å². The van der Waals surface area contributed by atoms with Crippen molar-refractivity contribution in [3.05, 3.63) is 28.2 Å². The topological polar surface area (TPSA) is 32.3 Å². The van der Waals surface area contributed by atoms with E-state index in [1.165, 1.54) is 0 Å². The van der Waals surface area contributed by atoms with E-state index >= 15 is 0 Å². The van der Waals surface area contributed by atoms with Crippen LogP contribution >= 0.6 is 15.9 Å². The van der Waals surface area contributed by atoms with E-state index in [0.29, 0.717) is 6.54 Å². The SMILES string of the molecule is CCc1cc(Br)ccc1NC(=O)CN(C)C. The summed E-state index contributed by atoms with van der Waals surface area (Å²) in [5.74, 6) is 0.0158. The number of hydrogen-bond donors (Lipinski definition) is 1. The second kappa shape index (κ2) is 6.01. The van der Waals surface area contributed by atoms with Gasteiger partial charge in [0, 0.05) is 10.2 Å². The van der Waals surface area contributed by atoms with E-state index in [9.17, 15) is 4.79 Å². The number of halogens is 1. The Bertz CT molecular complexity index is 377. The summed E-state index contributed by atoms with van der Waals surface area (Å²) in [4.78, 5) is 13.5. The highest BCUT2D eigenvalue weighted by atomic mass is 79.9. The number of anilines is 1. The summed E-state index contributed by atoms with van der Waals surface area (Å²) in [6.07, 6.45) is 0.900. The van der Waals surface area contributed by atoms with Gasteiger partial charge in [-0.05, 0) is 44.3 Å². The smallest absolute Gasteiger partial charge is 0.238 e. The minimum Gasteiger partial charge on any atom is -0.325 e. The Morgan fingerprint density at radius 3 is 2.69 bits per heavy atom. The average molecular weight is 285 g/mol. The van der Waals surface area contributed by atoms with Crippen molar-refractivity contribution in [1.82, 2.24) is 4.90 Å². The highest BCUT2D eigenvalue weighted by Crippen LogP contribution is 2.21. The molecular formula is C12H17BrN2O. The highest BCUT2D eigenvalue weighted by Gasteiger charge is 2.07. The van der Waals surface area contributed by atoms with Crippen molar-refractivity contribution in [3.8, 4) is 0 Å². The minimum atomic E-state index is 0.0158. The van der Waals surface area contributed by atoms with Crippen molar-refractivity contribution >= 4 is 27.5 Å². The fraction of sp³-hybridized carbons (Fsp3) is 0.417. The summed E-state index contributed by atoms with van der Waals surface area (Å²) >= 11 is 3.42. The molecule has 0 saturated carbocycles. The molecule has 88 valence electrons. The van der Waals surface area contributed by atoms with Gasteiger partial charge in [-0.25, -0.2) is 0 Å². The van der Waals surface area contributed by atoms with Gasteiger partial charge in [0.2, 0.25) is 5.91 Å². The van der Waals surface area contributed by atoms with Gasteiger partial charge in [-0.2, -0.15) is 0 Å². The fourth-order valence-electron chi connectivity index (χ4n) is 1.45. The molecule has 0 saturated heterocycles. The van der Waals surface area contributed by atoms with Gasteiger partial charge in [-0.1, -0.05) is 22.9 Å². The molecule has 0 spiro atoms. The van der Waals surface area contributed by atoms with Crippen LogP contribution in [-0.2, 0) is 11.2 Å². The van der Waals surface area contributed by atoms with Crippen LogP contribution in [0, 0.1) is 0 Å². The van der Waals surface area contributed by atoms with Gasteiger partial charge in [-0.3, -0.25) is 4.79 Å². The Balaban J connectivity index is 2.76. The normalized spacial score (nSPS) is 10.6. The summed E-state index contributed by atoms with van der Waals surface area (Å²) < 4.78 is 1.04. The molecule has 0 aromatic heterocycles. The lowest BCUT2D eigenvalue weighted by atomic mass is 10.1. The number of amides is 1. The van der Waals surface area contributed by atoms with Gasteiger partial charge in [-0.15, -0.1) is 0 Å². The highest BCUT2D eigenvalue weighted by molar-refractivity contribution is 9.10. The van der Waals surface area contributed by atoms with E-state index < -0.39 is 0 Å². The number of carbonyl (C=O) groups is 1. The third-order valence-corrected chi connectivity index (χ3v) is 2.68. The Labute approximate surface area is 105 Å². The van der Waals surface area contributed by atoms with Crippen molar-refractivity contribution < 1.29 is 4.79 Å². The van der Waals surface area contributed by atoms with Crippen LogP contribution in [0.4, 0.5) is 5.69 Å². The number of aryl methyl sites for hydroxylation is 1. The molecule has 0 bridgehead atoms. The molecule has 0 aliphatic heterocycles. The van der Waals surface area contributed by atoms with E-state index in [1.807, 2.05) is 37.2 Å². The molecule has 0 atom stereocenters. The number of rotatable bonds is 4. The second-order valence-corrected chi connectivity index (χ2v) is 4.86. The van der Waals surface area contributed by atoms with Gasteiger partial charge in [0.1, 0.15) is 0 Å². The molecule has 1 amide bonds. The van der Waals surface area contributed by atoms with Crippen LogP contribution in [0.5, 0.6) is 0 Å². The first-order valence-corrected chi connectivity index (χ1v) is 6.05. The van der Waals surface area contributed by atoms with Crippen LogP contribution in [0.1, 0.15) is 12.5 Å². The summed E-state index contributed by atoms with van der Waals surface area (Å²) in [5.41, 5.74) is 2.04. The summed E-state index contributed by atoms with van der Waals surface area (Å²) in [6, 6.07) is 5.90. The molecule has 1 N–H and O–H groups in total. The molecule has 0 aliphatic rings. The number of hydrogen-bond acceptors (Lipinski definition) is 2. The molecule has 1 aromatic carbocycles. The van der Waals surface area contributed by atoms with Crippen LogP contribution in [0.25, 0.3) is 0 Å². The quantitative estimate of drug-likeness (QED) is 0.922. The van der Waals surface area contributed by atoms with E-state index in [-0.39, 0.29) is 5.91 Å². The van der Waals surface area contributed by atoms with Crippen molar-refractivity contribution in [1.29, 1.82) is 0 Å². The monoisotopic (exact) mass is 284 g/mol. The largest absolute Gasteiger partial charge is 0.325 e. The van der Waals surface area contributed by atoms with Gasteiger partial charge < -0.3 is 10.2 Å². The Morgan fingerprint density at radius 2 is 2.12 bits per heavy atom. The molecule has 1 rings (SSSR count). The first-order valence-electron chi connectivity index (χ1n) is 5.26. The Hall–Kier alpha value is -0.870. The van der Waals surface area contributed by atoms with Gasteiger partial charge in [0.15, 0.2) is 0 Å². The summed E-state index contributed by atoms with van der Waals surface area (Å²) in [6.45, 7) is 2.47. The molecule has 0 aliphatic carbocycles. The molecule has 0 heterocycles. The van der Waals surface area contributed by atoms with Crippen LogP contribution in [0.2, 0.25) is 0 Å². The fourth-order valence-corrected chi connectivity index (χ4v) is 1.86. The molecular weight excluding hydrogens is 268 g/mol.